The van der Waals surface area contributed by atoms with Gasteiger partial charge in [0.15, 0.2) is 28.2 Å². The molecule has 2 saturated heterocycles. The first kappa shape index (κ1) is 50.8. The Bertz CT molecular complexity index is 1980. The fourth-order valence-corrected chi connectivity index (χ4v) is 25.7. The van der Waals surface area contributed by atoms with Gasteiger partial charge in [-0.25, -0.2) is 0 Å². The van der Waals surface area contributed by atoms with Gasteiger partial charge in [-0.2, -0.15) is 0 Å². The van der Waals surface area contributed by atoms with Crippen molar-refractivity contribution in [2.24, 2.45) is 17.8 Å². The third kappa shape index (κ3) is 10.0. The first-order valence-corrected chi connectivity index (χ1v) is 36.2. The van der Waals surface area contributed by atoms with Gasteiger partial charge in [0, 0.05) is 19.4 Å². The molecule has 4 aliphatic rings. The van der Waals surface area contributed by atoms with E-state index in [1.54, 1.807) is 0 Å². The van der Waals surface area contributed by atoms with Crippen LogP contribution in [-0.4, -0.2) is 87.3 Å². The summed E-state index contributed by atoms with van der Waals surface area (Å²) < 4.78 is 42.8. The zero-order valence-electron chi connectivity index (χ0n) is 42.6. The van der Waals surface area contributed by atoms with E-state index in [2.05, 4.69) is 186 Å². The van der Waals surface area contributed by atoms with Gasteiger partial charge in [-0.05, 0) is 104 Å². The van der Waals surface area contributed by atoms with Crippen molar-refractivity contribution in [3.05, 3.63) is 91.0 Å². The van der Waals surface area contributed by atoms with Crippen molar-refractivity contribution < 1.29 is 32.3 Å². The molecule has 7 rings (SSSR count). The third-order valence-electron chi connectivity index (χ3n) is 16.4. The largest absolute Gasteiger partial charge is 0.412 e. The van der Waals surface area contributed by atoms with Gasteiger partial charge >= 0.3 is 0 Å². The van der Waals surface area contributed by atoms with Crippen LogP contribution in [-0.2, 0) is 32.3 Å². The molecule has 0 radical (unpaired) electrons. The summed E-state index contributed by atoms with van der Waals surface area (Å²) in [5.74, 6) is -0.374. The Morgan fingerprint density at radius 2 is 1.18 bits per heavy atom. The Kier molecular flexibility index (Phi) is 15.2. The van der Waals surface area contributed by atoms with E-state index < -0.39 is 50.5 Å². The summed E-state index contributed by atoms with van der Waals surface area (Å²) >= 11 is 0. The quantitative estimate of drug-likeness (QED) is 0.0929. The van der Waals surface area contributed by atoms with Gasteiger partial charge in [0.2, 0.25) is 0 Å². The lowest BCUT2D eigenvalue weighted by atomic mass is 9.58. The number of Topliss-reactive ketones (excluding diaryl/α,β-unsaturated/α-hetero) is 1. The van der Waals surface area contributed by atoms with Crippen LogP contribution in [0.15, 0.2) is 91.0 Å². The lowest BCUT2D eigenvalue weighted by Gasteiger charge is -2.53. The summed E-state index contributed by atoms with van der Waals surface area (Å²) in [7, 11) is -9.00. The van der Waals surface area contributed by atoms with Gasteiger partial charge in [-0.15, -0.1) is 0 Å². The molecule has 4 unspecified atom stereocenters. The second-order valence-electron chi connectivity index (χ2n) is 23.2. The second-order valence-corrected chi connectivity index (χ2v) is 41.4. The maximum Gasteiger partial charge on any atom is 0.261 e. The van der Waals surface area contributed by atoms with E-state index in [9.17, 15) is 0 Å². The monoisotopic (exact) mass is 957 g/mol. The van der Waals surface area contributed by atoms with Gasteiger partial charge < -0.3 is 27.5 Å². The Balaban J connectivity index is 1.18. The molecule has 3 aromatic carbocycles. The Labute approximate surface area is 397 Å². The van der Waals surface area contributed by atoms with Crippen molar-refractivity contribution in [1.29, 1.82) is 0 Å². The minimum absolute atomic E-state index is 0.00409. The summed E-state index contributed by atoms with van der Waals surface area (Å²) in [4.78, 5) is 15.5. The van der Waals surface area contributed by atoms with Crippen LogP contribution in [0.25, 0.3) is 0 Å². The van der Waals surface area contributed by atoms with Crippen LogP contribution in [0.4, 0.5) is 0 Å². The van der Waals surface area contributed by atoms with Gasteiger partial charge in [0.1, 0.15) is 11.7 Å². The Morgan fingerprint density at radius 3 is 1.68 bits per heavy atom. The molecule has 0 N–H and O–H groups in total. The van der Waals surface area contributed by atoms with Crippen molar-refractivity contribution in [2.45, 2.75) is 198 Å². The molecule has 1 spiro atoms. The first-order chi connectivity index (χ1) is 30.6. The number of carbonyl (C=O) groups excluding carboxylic acids is 1. The third-order valence-corrected chi connectivity index (χ3v) is 31.4. The molecule has 358 valence electrons. The zero-order valence-corrected chi connectivity index (χ0v) is 46.6. The van der Waals surface area contributed by atoms with E-state index in [0.717, 1.165) is 43.8 Å². The number of ether oxygens (including phenoxy) is 3. The molecule has 4 fully saturated rings. The average molecular weight is 958 g/mol. The smallest absolute Gasteiger partial charge is 0.261 e. The van der Waals surface area contributed by atoms with Crippen LogP contribution in [0.2, 0.25) is 61.4 Å². The minimum atomic E-state index is -2.70. The maximum atomic E-state index is 15.5. The molecular weight excluding hydrogens is 873 g/mol. The van der Waals surface area contributed by atoms with E-state index in [1.807, 2.05) is 0 Å². The van der Waals surface area contributed by atoms with Gasteiger partial charge in [-0.3, -0.25) is 4.79 Å². The van der Waals surface area contributed by atoms with Crippen LogP contribution >= 0.6 is 0 Å². The predicted molar refractivity (Wildman–Crippen MR) is 277 cm³/mol. The van der Waals surface area contributed by atoms with Gasteiger partial charge in [-0.1, -0.05) is 158 Å². The molecule has 2 heterocycles. The van der Waals surface area contributed by atoms with Crippen molar-refractivity contribution in [3.63, 3.8) is 0 Å². The van der Waals surface area contributed by atoms with E-state index in [0.29, 0.717) is 18.6 Å². The number of epoxide rings is 1. The minimum Gasteiger partial charge on any atom is -0.412 e. The van der Waals surface area contributed by atoms with E-state index in [-0.39, 0.29) is 53.0 Å². The molecular formula is C54H84O7Si4. The molecule has 3 aromatic rings. The summed E-state index contributed by atoms with van der Waals surface area (Å²) in [6.07, 6.45) is 3.22. The highest BCUT2D eigenvalue weighted by Crippen LogP contribution is 2.68. The van der Waals surface area contributed by atoms with Crippen LogP contribution in [0.3, 0.4) is 0 Å². The summed E-state index contributed by atoms with van der Waals surface area (Å²) in [5.41, 5.74) is -0.290. The molecule has 11 heteroatoms. The maximum absolute atomic E-state index is 15.5. The summed E-state index contributed by atoms with van der Waals surface area (Å²) in [6.45, 7) is 32.9. The van der Waals surface area contributed by atoms with E-state index in [1.165, 1.54) is 15.6 Å². The zero-order chi connectivity index (χ0) is 47.2. The van der Waals surface area contributed by atoms with E-state index in [4.69, 9.17) is 27.5 Å². The molecule has 65 heavy (non-hydrogen) atoms. The van der Waals surface area contributed by atoms with Crippen molar-refractivity contribution in [3.8, 4) is 0 Å². The number of rotatable bonds is 18. The summed E-state index contributed by atoms with van der Waals surface area (Å²) in [6, 6.07) is 36.0. The molecule has 0 bridgehead atoms. The first-order valence-electron chi connectivity index (χ1n) is 25.3. The number of ketones is 1. The lowest BCUT2D eigenvalue weighted by Crippen LogP contribution is -2.66. The molecule has 10 atom stereocenters. The Hall–Kier alpha value is -2.04. The molecule has 2 saturated carbocycles. The fourth-order valence-electron chi connectivity index (χ4n) is 13.1. The molecule has 0 aromatic heterocycles. The highest BCUT2D eigenvalue weighted by molar-refractivity contribution is 6.99. The molecule has 0 amide bonds. The fraction of sp³-hybridized carbons (Fsp3) is 0.648. The Morgan fingerprint density at radius 1 is 0.677 bits per heavy atom. The number of carbonyl (C=O) groups is 1. The van der Waals surface area contributed by atoms with Gasteiger partial charge in [0.25, 0.3) is 8.32 Å². The van der Waals surface area contributed by atoms with Crippen LogP contribution < -0.4 is 15.6 Å². The predicted octanol–water partition coefficient (Wildman–Crippen LogP) is 11.2. The molecule has 2 aliphatic heterocycles. The molecule has 7 nitrogen and oxygen atoms in total. The average Bonchev–Trinajstić information content (AvgIpc) is 3.99. The topological polar surface area (TPSA) is 75.8 Å². The SMILES string of the molecule is CC[Si](CC)(CC)OC1CC(O[Si](C)(C)C)C23OC2[C@H]([Si](C)(C)c2ccccc2)[C@H](C)[C@H](CC[C@@H]2C[C@H](CCO[Si](c4ccccc4)(c4ccccc4)C(C)(C)C)OC(C)(C)O2)[C@H]3C1=O. The van der Waals surface area contributed by atoms with Crippen molar-refractivity contribution in [1.82, 2.24) is 0 Å². The number of hydrogen-bond donors (Lipinski definition) is 0. The lowest BCUT2D eigenvalue weighted by molar-refractivity contribution is -0.302. The molecule has 2 aliphatic carbocycles. The highest BCUT2D eigenvalue weighted by atomic mass is 28.4. The standard InChI is InChI=1S/C54H84O7Si4/c1-15-64(16-2,17-3)60-46-38-47(61-62(10,11)12)54-48(49(46)55)45(39(4)50(51(54)59-54)63(13,14)42-27-21-18-22-28-42)34-33-40-37-41(58-53(8,9)57-40)35-36-56-65(52(5,6)7,43-29-23-19-24-30-43)44-31-25-20-26-32-44/h18-32,39-41,45-48,50-51H,15-17,33-38H2,1-14H3/t39-,40-,41+,45+,46?,47?,48+,50-,51?,54?/m1/s1. The van der Waals surface area contributed by atoms with Crippen LogP contribution in [0.5, 0.6) is 0 Å². The van der Waals surface area contributed by atoms with Crippen molar-refractivity contribution in [2.75, 3.05) is 6.61 Å². The van der Waals surface area contributed by atoms with Crippen LogP contribution in [0, 0.1) is 17.8 Å². The number of hydrogen-bond acceptors (Lipinski definition) is 7. The van der Waals surface area contributed by atoms with Gasteiger partial charge in [0.05, 0.1) is 38.4 Å². The van der Waals surface area contributed by atoms with Crippen molar-refractivity contribution >= 4 is 54.4 Å². The second kappa shape index (κ2) is 19.4. The number of benzene rings is 3. The van der Waals surface area contributed by atoms with E-state index >= 15 is 4.79 Å². The summed E-state index contributed by atoms with van der Waals surface area (Å²) in [5, 5.41) is 3.93. The normalized spacial score (nSPS) is 30.7. The highest BCUT2D eigenvalue weighted by Gasteiger charge is 2.79. The van der Waals surface area contributed by atoms with Crippen LogP contribution in [0.1, 0.15) is 94.4 Å².